The molecule has 2 nitrogen and oxygen atoms in total. The lowest BCUT2D eigenvalue weighted by atomic mass is 10.0. The fourth-order valence-corrected chi connectivity index (χ4v) is 2.08. The van der Waals surface area contributed by atoms with Crippen molar-refractivity contribution < 1.29 is 13.6 Å². The van der Waals surface area contributed by atoms with Crippen LogP contribution in [0, 0.1) is 11.6 Å². The Labute approximate surface area is 111 Å². The Morgan fingerprint density at radius 2 is 1.83 bits per heavy atom. The smallest absolute Gasteiger partial charge is 0.196 e. The summed E-state index contributed by atoms with van der Waals surface area (Å²) >= 11 is 3.19. The van der Waals surface area contributed by atoms with Crippen molar-refractivity contribution in [2.45, 2.75) is 0 Å². The monoisotopic (exact) mass is 311 g/mol. The van der Waals surface area contributed by atoms with Gasteiger partial charge in [0.1, 0.15) is 11.6 Å². The third kappa shape index (κ3) is 2.56. The van der Waals surface area contributed by atoms with Crippen LogP contribution in [-0.4, -0.2) is 5.78 Å². The van der Waals surface area contributed by atoms with Crippen LogP contribution >= 0.6 is 15.9 Å². The number of ketones is 1. The maximum absolute atomic E-state index is 13.5. The van der Waals surface area contributed by atoms with Crippen molar-refractivity contribution in [2.24, 2.45) is 0 Å². The van der Waals surface area contributed by atoms with Crippen molar-refractivity contribution >= 4 is 27.4 Å². The summed E-state index contributed by atoms with van der Waals surface area (Å²) in [5, 5.41) is 0. The average molecular weight is 312 g/mol. The Morgan fingerprint density at radius 3 is 2.50 bits per heavy atom. The first-order valence-electron chi connectivity index (χ1n) is 5.03. The molecule has 2 aromatic rings. The van der Waals surface area contributed by atoms with Crippen molar-refractivity contribution in [3.05, 3.63) is 63.6 Å². The summed E-state index contributed by atoms with van der Waals surface area (Å²) in [6.45, 7) is 0. The number of carbonyl (C=O) groups excluding carboxylic acids is 1. The van der Waals surface area contributed by atoms with Gasteiger partial charge in [-0.3, -0.25) is 4.79 Å². The SMILES string of the molecule is Nc1cc(Br)cc(C(=O)c2cc(F)ccc2F)c1. The number of halogens is 3. The molecule has 0 atom stereocenters. The molecule has 0 radical (unpaired) electrons. The second kappa shape index (κ2) is 4.86. The normalized spacial score (nSPS) is 10.4. The van der Waals surface area contributed by atoms with E-state index >= 15 is 0 Å². The molecule has 0 aliphatic carbocycles. The first-order valence-corrected chi connectivity index (χ1v) is 5.82. The highest BCUT2D eigenvalue weighted by Crippen LogP contribution is 2.21. The molecule has 0 spiro atoms. The lowest BCUT2D eigenvalue weighted by Gasteiger charge is -2.05. The number of carbonyl (C=O) groups is 1. The minimum atomic E-state index is -0.764. The Morgan fingerprint density at radius 1 is 1.11 bits per heavy atom. The highest BCUT2D eigenvalue weighted by Gasteiger charge is 2.15. The number of rotatable bonds is 2. The van der Waals surface area contributed by atoms with Crippen LogP contribution in [0.4, 0.5) is 14.5 Å². The van der Waals surface area contributed by atoms with E-state index in [1.807, 2.05) is 0 Å². The summed E-state index contributed by atoms with van der Waals surface area (Å²) in [4.78, 5) is 12.0. The zero-order chi connectivity index (χ0) is 13.3. The van der Waals surface area contributed by atoms with Crippen LogP contribution in [0.1, 0.15) is 15.9 Å². The maximum Gasteiger partial charge on any atom is 0.196 e. The molecule has 5 heteroatoms. The van der Waals surface area contributed by atoms with E-state index in [-0.39, 0.29) is 11.1 Å². The average Bonchev–Trinajstić information content (AvgIpc) is 2.30. The van der Waals surface area contributed by atoms with E-state index in [1.54, 1.807) is 6.07 Å². The zero-order valence-electron chi connectivity index (χ0n) is 9.08. The van der Waals surface area contributed by atoms with Gasteiger partial charge in [0.2, 0.25) is 0 Å². The molecule has 18 heavy (non-hydrogen) atoms. The number of hydrogen-bond acceptors (Lipinski definition) is 2. The molecule has 2 N–H and O–H groups in total. The number of anilines is 1. The van der Waals surface area contributed by atoms with Crippen LogP contribution in [0.15, 0.2) is 40.9 Å². The topological polar surface area (TPSA) is 43.1 Å². The van der Waals surface area contributed by atoms with Gasteiger partial charge in [-0.2, -0.15) is 0 Å². The Hall–Kier alpha value is -1.75. The number of benzene rings is 2. The summed E-state index contributed by atoms with van der Waals surface area (Å²) in [6, 6.07) is 7.28. The second-order valence-corrected chi connectivity index (χ2v) is 4.64. The largest absolute Gasteiger partial charge is 0.399 e. The molecule has 0 fully saturated rings. The van der Waals surface area contributed by atoms with Gasteiger partial charge < -0.3 is 5.73 Å². The standard InChI is InChI=1S/C13H8BrF2NO/c14-8-3-7(4-10(17)5-8)13(18)11-6-9(15)1-2-12(11)16/h1-6H,17H2. The third-order valence-electron chi connectivity index (χ3n) is 2.36. The Balaban J connectivity index is 2.51. The van der Waals surface area contributed by atoms with Gasteiger partial charge in [0.05, 0.1) is 5.56 Å². The summed E-state index contributed by atoms with van der Waals surface area (Å²) in [7, 11) is 0. The van der Waals surface area contributed by atoms with Gasteiger partial charge in [-0.1, -0.05) is 15.9 Å². The van der Waals surface area contributed by atoms with Gasteiger partial charge in [-0.15, -0.1) is 0 Å². The number of nitrogen functional groups attached to an aromatic ring is 1. The quantitative estimate of drug-likeness (QED) is 0.681. The molecule has 0 aliphatic heterocycles. The predicted molar refractivity (Wildman–Crippen MR) is 68.3 cm³/mol. The van der Waals surface area contributed by atoms with E-state index in [0.29, 0.717) is 10.2 Å². The van der Waals surface area contributed by atoms with Gasteiger partial charge in [-0.05, 0) is 36.4 Å². The molecule has 92 valence electrons. The molecular weight excluding hydrogens is 304 g/mol. The van der Waals surface area contributed by atoms with Gasteiger partial charge in [0.15, 0.2) is 5.78 Å². The Kier molecular flexibility index (Phi) is 3.43. The summed E-state index contributed by atoms with van der Waals surface area (Å²) in [5.41, 5.74) is 5.85. The minimum absolute atomic E-state index is 0.200. The van der Waals surface area contributed by atoms with E-state index in [9.17, 15) is 13.6 Å². The zero-order valence-corrected chi connectivity index (χ0v) is 10.7. The molecule has 0 unspecified atom stereocenters. The lowest BCUT2D eigenvalue weighted by molar-refractivity contribution is 0.103. The molecule has 0 aliphatic rings. The van der Waals surface area contributed by atoms with E-state index in [1.165, 1.54) is 12.1 Å². The van der Waals surface area contributed by atoms with Crippen molar-refractivity contribution in [2.75, 3.05) is 5.73 Å². The van der Waals surface area contributed by atoms with Crippen LogP contribution in [0.25, 0.3) is 0 Å². The molecular formula is C13H8BrF2NO. The minimum Gasteiger partial charge on any atom is -0.399 e. The maximum atomic E-state index is 13.5. The van der Waals surface area contributed by atoms with E-state index in [4.69, 9.17) is 5.73 Å². The fourth-order valence-electron chi connectivity index (χ4n) is 1.57. The van der Waals surface area contributed by atoms with Crippen LogP contribution in [0.5, 0.6) is 0 Å². The van der Waals surface area contributed by atoms with E-state index in [0.717, 1.165) is 18.2 Å². The third-order valence-corrected chi connectivity index (χ3v) is 2.81. The van der Waals surface area contributed by atoms with E-state index < -0.39 is 17.4 Å². The van der Waals surface area contributed by atoms with Gasteiger partial charge in [0, 0.05) is 15.7 Å². The molecule has 0 aromatic heterocycles. The molecule has 2 rings (SSSR count). The van der Waals surface area contributed by atoms with Gasteiger partial charge in [0.25, 0.3) is 0 Å². The highest BCUT2D eigenvalue weighted by atomic mass is 79.9. The van der Waals surface area contributed by atoms with E-state index in [2.05, 4.69) is 15.9 Å². The first-order chi connectivity index (χ1) is 8.47. The number of nitrogens with two attached hydrogens (primary N) is 1. The summed E-state index contributed by atoms with van der Waals surface area (Å²) in [5.74, 6) is -2.04. The van der Waals surface area contributed by atoms with Crippen LogP contribution in [-0.2, 0) is 0 Å². The van der Waals surface area contributed by atoms with Crippen molar-refractivity contribution in [3.8, 4) is 0 Å². The highest BCUT2D eigenvalue weighted by molar-refractivity contribution is 9.10. The first kappa shape index (κ1) is 12.7. The number of hydrogen-bond donors (Lipinski definition) is 1. The molecule has 0 bridgehead atoms. The van der Waals surface area contributed by atoms with Crippen LogP contribution in [0.2, 0.25) is 0 Å². The van der Waals surface area contributed by atoms with Gasteiger partial charge in [-0.25, -0.2) is 8.78 Å². The van der Waals surface area contributed by atoms with Crippen LogP contribution in [0.3, 0.4) is 0 Å². The molecule has 0 heterocycles. The molecule has 2 aromatic carbocycles. The summed E-state index contributed by atoms with van der Waals surface area (Å²) < 4.78 is 27.1. The summed E-state index contributed by atoms with van der Waals surface area (Å²) in [6.07, 6.45) is 0. The Bertz CT molecular complexity index is 608. The molecule has 0 saturated heterocycles. The van der Waals surface area contributed by atoms with Gasteiger partial charge >= 0.3 is 0 Å². The predicted octanol–water partition coefficient (Wildman–Crippen LogP) is 3.54. The molecule has 0 saturated carbocycles. The lowest BCUT2D eigenvalue weighted by Crippen LogP contribution is -2.05. The van der Waals surface area contributed by atoms with Crippen molar-refractivity contribution in [3.63, 3.8) is 0 Å². The van der Waals surface area contributed by atoms with Crippen LogP contribution < -0.4 is 5.73 Å². The van der Waals surface area contributed by atoms with Crippen molar-refractivity contribution in [1.29, 1.82) is 0 Å². The molecule has 0 amide bonds. The van der Waals surface area contributed by atoms with Crippen molar-refractivity contribution in [1.82, 2.24) is 0 Å². The fraction of sp³-hybridized carbons (Fsp3) is 0. The second-order valence-electron chi connectivity index (χ2n) is 3.73.